The molecule has 0 unspecified atom stereocenters. The molecule has 0 N–H and O–H groups in total. The molecule has 0 radical (unpaired) electrons. The Morgan fingerprint density at radius 3 is 2.46 bits per heavy atom. The molecule has 0 atom stereocenters. The number of nitrogens with zero attached hydrogens (tertiary/aromatic N) is 1. The van der Waals surface area contributed by atoms with Crippen LogP contribution in [0.3, 0.4) is 0 Å². The van der Waals surface area contributed by atoms with Crippen LogP contribution in [0.25, 0.3) is 0 Å². The quantitative estimate of drug-likeness (QED) is 0.404. The highest BCUT2D eigenvalue weighted by atomic mass is 16.6. The Morgan fingerprint density at radius 2 is 2.00 bits per heavy atom. The number of non-ortho nitro benzene ring substituents is 1. The van der Waals surface area contributed by atoms with E-state index in [1.54, 1.807) is 12.1 Å². The van der Waals surface area contributed by atoms with Gasteiger partial charge < -0.3 is 0 Å². The lowest BCUT2D eigenvalue weighted by Crippen LogP contribution is -1.88. The highest BCUT2D eigenvalue weighted by molar-refractivity contribution is 5.33. The average Bonchev–Trinajstić information content (AvgIpc) is 2.15. The largest absolute Gasteiger partial charge is 0.269 e. The van der Waals surface area contributed by atoms with Crippen LogP contribution < -0.4 is 0 Å². The number of nitro groups is 1. The van der Waals surface area contributed by atoms with Gasteiger partial charge in [-0.25, -0.2) is 0 Å². The van der Waals surface area contributed by atoms with Crippen LogP contribution in [0.5, 0.6) is 0 Å². The second-order valence-electron chi connectivity index (χ2n) is 2.70. The normalized spacial score (nSPS) is 10.5. The van der Waals surface area contributed by atoms with Crippen molar-refractivity contribution in [1.82, 2.24) is 0 Å². The number of nitro benzene ring substituents is 1. The van der Waals surface area contributed by atoms with Gasteiger partial charge in [0, 0.05) is 12.1 Å². The van der Waals surface area contributed by atoms with Crippen LogP contribution in [-0.2, 0) is 6.42 Å². The van der Waals surface area contributed by atoms with E-state index in [2.05, 4.69) is 0 Å². The Kier molecular flexibility index (Phi) is 3.20. The van der Waals surface area contributed by atoms with Crippen molar-refractivity contribution >= 4 is 5.69 Å². The van der Waals surface area contributed by atoms with Crippen LogP contribution >= 0.6 is 0 Å². The van der Waals surface area contributed by atoms with Gasteiger partial charge in [-0.05, 0) is 18.9 Å². The van der Waals surface area contributed by atoms with Gasteiger partial charge in [-0.3, -0.25) is 10.1 Å². The second kappa shape index (κ2) is 4.40. The maximum Gasteiger partial charge on any atom is 0.269 e. The topological polar surface area (TPSA) is 43.1 Å². The van der Waals surface area contributed by atoms with Gasteiger partial charge in [0.2, 0.25) is 0 Å². The van der Waals surface area contributed by atoms with Gasteiger partial charge in [0.05, 0.1) is 4.92 Å². The minimum atomic E-state index is -0.389. The lowest BCUT2D eigenvalue weighted by Gasteiger charge is -1.95. The van der Waals surface area contributed by atoms with E-state index in [1.807, 2.05) is 19.1 Å². The van der Waals surface area contributed by atoms with Crippen LogP contribution in [-0.4, -0.2) is 4.92 Å². The van der Waals surface area contributed by atoms with Crippen molar-refractivity contribution in [2.45, 2.75) is 13.3 Å². The zero-order valence-electron chi connectivity index (χ0n) is 7.43. The molecule has 0 aliphatic heterocycles. The molecule has 0 bridgehead atoms. The Balaban J connectivity index is 2.75. The zero-order valence-corrected chi connectivity index (χ0v) is 7.43. The van der Waals surface area contributed by atoms with Crippen LogP contribution in [0, 0.1) is 10.1 Å². The predicted molar refractivity (Wildman–Crippen MR) is 51.6 cm³/mol. The van der Waals surface area contributed by atoms with Crippen molar-refractivity contribution in [3.63, 3.8) is 0 Å². The van der Waals surface area contributed by atoms with Gasteiger partial charge in [0.15, 0.2) is 0 Å². The molecule has 0 aromatic heterocycles. The van der Waals surface area contributed by atoms with E-state index >= 15 is 0 Å². The molecule has 0 fully saturated rings. The molecule has 3 heteroatoms. The molecule has 13 heavy (non-hydrogen) atoms. The molecule has 0 amide bonds. The van der Waals surface area contributed by atoms with Gasteiger partial charge in [0.1, 0.15) is 0 Å². The number of hydrogen-bond acceptors (Lipinski definition) is 2. The van der Waals surface area contributed by atoms with E-state index in [4.69, 9.17) is 0 Å². The number of rotatable bonds is 3. The SMILES string of the molecule is C/C=C/Cc1ccc([N+](=O)[O-])cc1. The maximum atomic E-state index is 10.3. The third-order valence-electron chi connectivity index (χ3n) is 1.74. The molecule has 1 aromatic carbocycles. The van der Waals surface area contributed by atoms with E-state index in [0.717, 1.165) is 12.0 Å². The first kappa shape index (κ1) is 9.45. The average molecular weight is 177 g/mol. The highest BCUT2D eigenvalue weighted by Crippen LogP contribution is 2.12. The minimum absolute atomic E-state index is 0.143. The molecule has 68 valence electrons. The summed E-state index contributed by atoms with van der Waals surface area (Å²) in [6.07, 6.45) is 4.80. The number of hydrogen-bond donors (Lipinski definition) is 0. The molecule has 1 rings (SSSR count). The van der Waals surface area contributed by atoms with E-state index < -0.39 is 0 Å². The summed E-state index contributed by atoms with van der Waals surface area (Å²) in [5, 5.41) is 10.3. The van der Waals surface area contributed by atoms with Gasteiger partial charge >= 0.3 is 0 Å². The van der Waals surface area contributed by atoms with E-state index in [1.165, 1.54) is 12.1 Å². The van der Waals surface area contributed by atoms with Crippen LogP contribution in [0.4, 0.5) is 5.69 Å². The summed E-state index contributed by atoms with van der Waals surface area (Å²) in [6, 6.07) is 6.61. The third kappa shape index (κ3) is 2.71. The summed E-state index contributed by atoms with van der Waals surface area (Å²) >= 11 is 0. The predicted octanol–water partition coefficient (Wildman–Crippen LogP) is 2.71. The number of benzene rings is 1. The number of allylic oxidation sites excluding steroid dienone is 2. The first-order chi connectivity index (χ1) is 6.24. The van der Waals surface area contributed by atoms with Crippen molar-refractivity contribution in [2.24, 2.45) is 0 Å². The monoisotopic (exact) mass is 177 g/mol. The van der Waals surface area contributed by atoms with Gasteiger partial charge in [-0.2, -0.15) is 0 Å². The van der Waals surface area contributed by atoms with E-state index in [0.29, 0.717) is 0 Å². The summed E-state index contributed by atoms with van der Waals surface area (Å²) < 4.78 is 0. The second-order valence-corrected chi connectivity index (χ2v) is 2.70. The molecular formula is C10H11NO2. The fraction of sp³-hybridized carbons (Fsp3) is 0.200. The Hall–Kier alpha value is -1.64. The van der Waals surface area contributed by atoms with Crippen molar-refractivity contribution in [3.05, 3.63) is 52.1 Å². The first-order valence-electron chi connectivity index (χ1n) is 4.08. The molecule has 0 saturated heterocycles. The van der Waals surface area contributed by atoms with Gasteiger partial charge in [-0.15, -0.1) is 0 Å². The molecule has 0 aliphatic rings. The molecule has 1 aromatic rings. The van der Waals surface area contributed by atoms with Crippen LogP contribution in [0.2, 0.25) is 0 Å². The van der Waals surface area contributed by atoms with Crippen molar-refractivity contribution in [2.75, 3.05) is 0 Å². The standard InChI is InChI=1S/C10H11NO2/c1-2-3-4-9-5-7-10(8-6-9)11(12)13/h2-3,5-8H,4H2,1H3/b3-2+. The summed E-state index contributed by atoms with van der Waals surface area (Å²) in [7, 11) is 0. The third-order valence-corrected chi connectivity index (χ3v) is 1.74. The molecule has 0 saturated carbocycles. The van der Waals surface area contributed by atoms with Crippen LogP contribution in [0.1, 0.15) is 12.5 Å². The summed E-state index contributed by atoms with van der Waals surface area (Å²) in [4.78, 5) is 9.93. The Bertz CT molecular complexity index is 314. The molecule has 0 aliphatic carbocycles. The van der Waals surface area contributed by atoms with Crippen molar-refractivity contribution in [3.8, 4) is 0 Å². The highest BCUT2D eigenvalue weighted by Gasteiger charge is 2.02. The zero-order chi connectivity index (χ0) is 9.68. The molecule has 3 nitrogen and oxygen atoms in total. The summed E-state index contributed by atoms with van der Waals surface area (Å²) in [5.74, 6) is 0. The maximum absolute atomic E-state index is 10.3. The van der Waals surface area contributed by atoms with Crippen LogP contribution in [0.15, 0.2) is 36.4 Å². The molecular weight excluding hydrogens is 166 g/mol. The van der Waals surface area contributed by atoms with E-state index in [-0.39, 0.29) is 10.6 Å². The fourth-order valence-corrected chi connectivity index (χ4v) is 1.01. The van der Waals surface area contributed by atoms with Crippen molar-refractivity contribution in [1.29, 1.82) is 0 Å². The molecule has 0 heterocycles. The van der Waals surface area contributed by atoms with Crippen molar-refractivity contribution < 1.29 is 4.92 Å². The lowest BCUT2D eigenvalue weighted by atomic mass is 10.1. The lowest BCUT2D eigenvalue weighted by molar-refractivity contribution is -0.384. The fourth-order valence-electron chi connectivity index (χ4n) is 1.01. The summed E-state index contributed by atoms with van der Waals surface area (Å²) in [5.41, 5.74) is 1.23. The molecule has 0 spiro atoms. The first-order valence-corrected chi connectivity index (χ1v) is 4.08. The van der Waals surface area contributed by atoms with E-state index in [9.17, 15) is 10.1 Å². The Morgan fingerprint density at radius 1 is 1.38 bits per heavy atom. The van der Waals surface area contributed by atoms with Gasteiger partial charge in [0.25, 0.3) is 5.69 Å². The summed E-state index contributed by atoms with van der Waals surface area (Å²) in [6.45, 7) is 1.95. The minimum Gasteiger partial charge on any atom is -0.258 e. The smallest absolute Gasteiger partial charge is 0.258 e. The van der Waals surface area contributed by atoms with Gasteiger partial charge in [-0.1, -0.05) is 24.3 Å². The Labute approximate surface area is 76.9 Å².